The van der Waals surface area contributed by atoms with E-state index in [9.17, 15) is 0 Å². The van der Waals surface area contributed by atoms with E-state index in [2.05, 4.69) is 25.6 Å². The standard InChI is InChI=1S/C12H16N6/c1-8(9-3-5-15-6-4-9)16-11-7-10(14-2)17-12(13)18-11/h3-8H,1-2H3,(H4,13,14,16,17,18). The van der Waals surface area contributed by atoms with E-state index in [0.717, 1.165) is 5.56 Å². The summed E-state index contributed by atoms with van der Waals surface area (Å²) in [4.78, 5) is 12.2. The third-order valence-corrected chi connectivity index (χ3v) is 2.57. The molecule has 0 amide bonds. The van der Waals surface area contributed by atoms with Crippen LogP contribution in [0.3, 0.4) is 0 Å². The fourth-order valence-electron chi connectivity index (χ4n) is 1.63. The zero-order valence-corrected chi connectivity index (χ0v) is 10.4. The van der Waals surface area contributed by atoms with Crippen LogP contribution >= 0.6 is 0 Å². The van der Waals surface area contributed by atoms with E-state index in [0.29, 0.717) is 11.6 Å². The van der Waals surface area contributed by atoms with Crippen molar-refractivity contribution in [3.8, 4) is 0 Å². The SMILES string of the molecule is CNc1cc(NC(C)c2ccncc2)nc(N)n1. The molecule has 1 unspecified atom stereocenters. The summed E-state index contributed by atoms with van der Waals surface area (Å²) in [6.07, 6.45) is 3.53. The minimum Gasteiger partial charge on any atom is -0.373 e. The lowest BCUT2D eigenvalue weighted by Crippen LogP contribution is -2.10. The van der Waals surface area contributed by atoms with Gasteiger partial charge < -0.3 is 16.4 Å². The fourth-order valence-corrected chi connectivity index (χ4v) is 1.63. The molecule has 6 heteroatoms. The number of aromatic nitrogens is 3. The Morgan fingerprint density at radius 1 is 1.17 bits per heavy atom. The first kappa shape index (κ1) is 12.1. The number of nitrogen functional groups attached to an aromatic ring is 1. The number of anilines is 3. The molecule has 2 heterocycles. The van der Waals surface area contributed by atoms with Gasteiger partial charge in [-0.3, -0.25) is 4.98 Å². The summed E-state index contributed by atoms with van der Waals surface area (Å²) < 4.78 is 0. The number of hydrogen-bond acceptors (Lipinski definition) is 6. The summed E-state index contributed by atoms with van der Waals surface area (Å²) in [7, 11) is 1.79. The third-order valence-electron chi connectivity index (χ3n) is 2.57. The second-order valence-corrected chi connectivity index (χ2v) is 3.89. The van der Waals surface area contributed by atoms with E-state index in [-0.39, 0.29) is 12.0 Å². The molecule has 0 saturated heterocycles. The molecule has 94 valence electrons. The highest BCUT2D eigenvalue weighted by atomic mass is 15.1. The molecule has 2 aromatic rings. The summed E-state index contributed by atoms with van der Waals surface area (Å²) in [5, 5.41) is 6.21. The van der Waals surface area contributed by atoms with Crippen LogP contribution in [0.5, 0.6) is 0 Å². The molecule has 0 radical (unpaired) electrons. The Balaban J connectivity index is 2.16. The molecule has 0 aromatic carbocycles. The lowest BCUT2D eigenvalue weighted by molar-refractivity contribution is 0.869. The van der Waals surface area contributed by atoms with Crippen molar-refractivity contribution in [1.29, 1.82) is 0 Å². The fraction of sp³-hybridized carbons (Fsp3) is 0.250. The molecule has 2 aromatic heterocycles. The maximum Gasteiger partial charge on any atom is 0.223 e. The van der Waals surface area contributed by atoms with Crippen molar-refractivity contribution in [2.75, 3.05) is 23.4 Å². The van der Waals surface area contributed by atoms with Crippen molar-refractivity contribution in [2.24, 2.45) is 0 Å². The second-order valence-electron chi connectivity index (χ2n) is 3.89. The van der Waals surface area contributed by atoms with Gasteiger partial charge in [0.05, 0.1) is 6.04 Å². The second kappa shape index (κ2) is 5.31. The molecule has 0 aliphatic rings. The van der Waals surface area contributed by atoms with Gasteiger partial charge in [-0.2, -0.15) is 9.97 Å². The molecule has 0 saturated carbocycles. The van der Waals surface area contributed by atoms with Gasteiger partial charge in [0.15, 0.2) is 0 Å². The average molecular weight is 244 g/mol. The van der Waals surface area contributed by atoms with E-state index < -0.39 is 0 Å². The van der Waals surface area contributed by atoms with E-state index >= 15 is 0 Å². The zero-order valence-electron chi connectivity index (χ0n) is 10.4. The Kier molecular flexibility index (Phi) is 3.57. The van der Waals surface area contributed by atoms with Crippen molar-refractivity contribution < 1.29 is 0 Å². The molecular weight excluding hydrogens is 228 g/mol. The minimum atomic E-state index is 0.118. The highest BCUT2D eigenvalue weighted by Gasteiger charge is 2.07. The summed E-state index contributed by atoms with van der Waals surface area (Å²) in [5.74, 6) is 1.62. The van der Waals surface area contributed by atoms with Crippen molar-refractivity contribution in [3.63, 3.8) is 0 Å². The van der Waals surface area contributed by atoms with Gasteiger partial charge in [0.25, 0.3) is 0 Å². The quantitative estimate of drug-likeness (QED) is 0.758. The van der Waals surface area contributed by atoms with Crippen molar-refractivity contribution in [3.05, 3.63) is 36.2 Å². The molecule has 4 N–H and O–H groups in total. The Morgan fingerprint density at radius 2 is 1.83 bits per heavy atom. The summed E-state index contributed by atoms with van der Waals surface area (Å²) >= 11 is 0. The van der Waals surface area contributed by atoms with Gasteiger partial charge in [-0.25, -0.2) is 0 Å². The Hall–Kier alpha value is -2.37. The average Bonchev–Trinajstić information content (AvgIpc) is 2.39. The van der Waals surface area contributed by atoms with Crippen molar-refractivity contribution in [2.45, 2.75) is 13.0 Å². The molecule has 0 aliphatic carbocycles. The topological polar surface area (TPSA) is 88.8 Å². The third kappa shape index (κ3) is 2.85. The van der Waals surface area contributed by atoms with Crippen LogP contribution in [-0.4, -0.2) is 22.0 Å². The Bertz CT molecular complexity index is 513. The van der Waals surface area contributed by atoms with Crippen molar-refractivity contribution in [1.82, 2.24) is 15.0 Å². The number of pyridine rings is 1. The van der Waals surface area contributed by atoms with Gasteiger partial charge in [0.2, 0.25) is 5.95 Å². The van der Waals surface area contributed by atoms with Crippen molar-refractivity contribution >= 4 is 17.6 Å². The van der Waals surface area contributed by atoms with E-state index in [1.165, 1.54) is 0 Å². The predicted molar refractivity (Wildman–Crippen MR) is 72.3 cm³/mol. The minimum absolute atomic E-state index is 0.118. The predicted octanol–water partition coefficient (Wildman–Crippen LogP) is 1.67. The van der Waals surface area contributed by atoms with Crippen LogP contribution in [0.2, 0.25) is 0 Å². The maximum absolute atomic E-state index is 5.64. The van der Waals surface area contributed by atoms with Crippen LogP contribution in [0.15, 0.2) is 30.6 Å². The molecule has 0 fully saturated rings. The lowest BCUT2D eigenvalue weighted by Gasteiger charge is -2.15. The zero-order chi connectivity index (χ0) is 13.0. The molecule has 0 spiro atoms. The summed E-state index contributed by atoms with van der Waals surface area (Å²) in [5.41, 5.74) is 6.77. The molecule has 6 nitrogen and oxygen atoms in total. The lowest BCUT2D eigenvalue weighted by atomic mass is 10.1. The highest BCUT2D eigenvalue weighted by Crippen LogP contribution is 2.19. The molecule has 18 heavy (non-hydrogen) atoms. The highest BCUT2D eigenvalue weighted by molar-refractivity contribution is 5.51. The van der Waals surface area contributed by atoms with E-state index in [1.54, 1.807) is 19.4 Å². The van der Waals surface area contributed by atoms with Crippen LogP contribution in [0, 0.1) is 0 Å². The smallest absolute Gasteiger partial charge is 0.223 e. The first-order valence-electron chi connectivity index (χ1n) is 5.68. The molecule has 0 bridgehead atoms. The molecular formula is C12H16N6. The monoisotopic (exact) mass is 244 g/mol. The van der Waals surface area contributed by atoms with Gasteiger partial charge in [-0.15, -0.1) is 0 Å². The number of hydrogen-bond donors (Lipinski definition) is 3. The number of nitrogens with two attached hydrogens (primary N) is 1. The van der Waals surface area contributed by atoms with Crippen LogP contribution in [0.1, 0.15) is 18.5 Å². The number of nitrogens with zero attached hydrogens (tertiary/aromatic N) is 3. The van der Waals surface area contributed by atoms with Gasteiger partial charge in [0, 0.05) is 25.5 Å². The van der Waals surface area contributed by atoms with E-state index in [1.807, 2.05) is 25.1 Å². The Morgan fingerprint density at radius 3 is 2.50 bits per heavy atom. The molecule has 1 atom stereocenters. The molecule has 2 rings (SSSR count). The first-order valence-corrected chi connectivity index (χ1v) is 5.68. The first-order chi connectivity index (χ1) is 8.69. The number of rotatable bonds is 4. The summed E-state index contributed by atoms with van der Waals surface area (Å²) in [6, 6.07) is 5.85. The summed E-state index contributed by atoms with van der Waals surface area (Å²) in [6.45, 7) is 2.05. The molecule has 0 aliphatic heterocycles. The number of nitrogens with one attached hydrogen (secondary N) is 2. The van der Waals surface area contributed by atoms with Gasteiger partial charge in [0.1, 0.15) is 11.6 Å². The van der Waals surface area contributed by atoms with Gasteiger partial charge in [-0.05, 0) is 24.6 Å². The normalized spacial score (nSPS) is 11.9. The van der Waals surface area contributed by atoms with Crippen LogP contribution in [-0.2, 0) is 0 Å². The van der Waals surface area contributed by atoms with Gasteiger partial charge in [-0.1, -0.05) is 0 Å². The van der Waals surface area contributed by atoms with E-state index in [4.69, 9.17) is 5.73 Å². The maximum atomic E-state index is 5.64. The van der Waals surface area contributed by atoms with Crippen LogP contribution in [0.4, 0.5) is 17.6 Å². The Labute approximate surface area is 106 Å². The van der Waals surface area contributed by atoms with Gasteiger partial charge >= 0.3 is 0 Å². The van der Waals surface area contributed by atoms with Crippen LogP contribution in [0.25, 0.3) is 0 Å². The largest absolute Gasteiger partial charge is 0.373 e. The van der Waals surface area contributed by atoms with Crippen LogP contribution < -0.4 is 16.4 Å².